The molecule has 3 aromatic rings. The summed E-state index contributed by atoms with van der Waals surface area (Å²) in [5.74, 6) is -0.534. The molecule has 2 saturated heterocycles. The second-order valence-electron chi connectivity index (χ2n) is 10.6. The second-order valence-corrected chi connectivity index (χ2v) is 10.6. The second kappa shape index (κ2) is 13.3. The highest BCUT2D eigenvalue weighted by molar-refractivity contribution is 6.01. The molecule has 3 unspecified atom stereocenters. The van der Waals surface area contributed by atoms with Gasteiger partial charge in [-0.2, -0.15) is 5.26 Å². The van der Waals surface area contributed by atoms with Crippen molar-refractivity contribution in [2.24, 2.45) is 7.05 Å². The molecule has 1 amide bonds. The monoisotopic (exact) mass is 559 g/mol. The highest BCUT2D eigenvalue weighted by Crippen LogP contribution is 2.28. The number of hydrogen-bond acceptors (Lipinski definition) is 8. The minimum Gasteiger partial charge on any atom is -0.393 e. The zero-order valence-corrected chi connectivity index (χ0v) is 23.3. The Bertz CT molecular complexity index is 1430. The number of carbonyl (C=O) groups excluding carboxylic acids is 1. The first kappa shape index (κ1) is 28.8. The Morgan fingerprint density at radius 3 is 2.66 bits per heavy atom. The van der Waals surface area contributed by atoms with Crippen molar-refractivity contribution >= 4 is 28.4 Å². The number of fused-ring (bicyclic) bond motifs is 1. The maximum atomic E-state index is 12.7. The molecule has 2 aliphatic heterocycles. The summed E-state index contributed by atoms with van der Waals surface area (Å²) in [7, 11) is 1.90. The third kappa shape index (κ3) is 7.33. The number of aliphatic hydroxyl groups excluding tert-OH is 2. The lowest BCUT2D eigenvalue weighted by molar-refractivity contribution is -0.187. The molecule has 0 spiro atoms. The molecule has 3 atom stereocenters. The van der Waals surface area contributed by atoms with Gasteiger partial charge < -0.3 is 34.9 Å². The summed E-state index contributed by atoms with van der Waals surface area (Å²) in [5.41, 5.74) is 3.76. The van der Waals surface area contributed by atoms with E-state index in [9.17, 15) is 20.3 Å². The first-order chi connectivity index (χ1) is 19.9. The van der Waals surface area contributed by atoms with E-state index in [0.717, 1.165) is 67.1 Å². The van der Waals surface area contributed by atoms with Crippen molar-refractivity contribution in [1.29, 1.82) is 5.26 Å². The fraction of sp³-hybridized carbons (Fsp3) is 0.419. The summed E-state index contributed by atoms with van der Waals surface area (Å²) in [6.45, 7) is 5.54. The minimum absolute atomic E-state index is 0.0400. The number of benzene rings is 2. The number of aliphatic hydroxyl groups is 2. The van der Waals surface area contributed by atoms with Crippen LogP contribution in [0.3, 0.4) is 0 Å². The van der Waals surface area contributed by atoms with Crippen LogP contribution in [0.25, 0.3) is 28.1 Å². The largest absolute Gasteiger partial charge is 0.393 e. The van der Waals surface area contributed by atoms with E-state index in [-0.39, 0.29) is 18.5 Å². The SMILES string of the molecule is Cn1c(/C=C(\C#N)C(=O)NCC2CC(O)CC(O)O2)ccc1-c1ccc2cc(NCCN3CCOCC3)ccc2c1. The van der Waals surface area contributed by atoms with E-state index >= 15 is 0 Å². The van der Waals surface area contributed by atoms with Crippen LogP contribution in [0.2, 0.25) is 0 Å². The lowest BCUT2D eigenvalue weighted by Crippen LogP contribution is -2.42. The molecule has 2 aliphatic rings. The lowest BCUT2D eigenvalue weighted by atomic mass is 10.0. The Hall–Kier alpha value is -3.72. The van der Waals surface area contributed by atoms with E-state index in [2.05, 4.69) is 51.9 Å². The van der Waals surface area contributed by atoms with Gasteiger partial charge in [-0.05, 0) is 52.7 Å². The quantitative estimate of drug-likeness (QED) is 0.232. The minimum atomic E-state index is -1.06. The molecule has 3 heterocycles. The highest BCUT2D eigenvalue weighted by atomic mass is 16.6. The lowest BCUT2D eigenvalue weighted by Gasteiger charge is -2.30. The fourth-order valence-electron chi connectivity index (χ4n) is 5.36. The number of hydrogen-bond donors (Lipinski definition) is 4. The number of anilines is 1. The van der Waals surface area contributed by atoms with Gasteiger partial charge in [-0.1, -0.05) is 18.2 Å². The fourth-order valence-corrected chi connectivity index (χ4v) is 5.36. The molecule has 0 saturated carbocycles. The third-order valence-electron chi connectivity index (χ3n) is 7.66. The number of nitriles is 1. The number of ether oxygens (including phenoxy) is 2. The van der Waals surface area contributed by atoms with Gasteiger partial charge in [0.15, 0.2) is 6.29 Å². The molecule has 2 aromatic carbocycles. The molecule has 10 nitrogen and oxygen atoms in total. The summed E-state index contributed by atoms with van der Waals surface area (Å²) in [6.07, 6.45) is -0.257. The van der Waals surface area contributed by atoms with Crippen molar-refractivity contribution in [2.45, 2.75) is 31.3 Å². The van der Waals surface area contributed by atoms with E-state index < -0.39 is 24.4 Å². The van der Waals surface area contributed by atoms with Crippen molar-refractivity contribution in [3.8, 4) is 17.3 Å². The van der Waals surface area contributed by atoms with Gasteiger partial charge in [-0.15, -0.1) is 0 Å². The molecular formula is C31H37N5O5. The van der Waals surface area contributed by atoms with Crippen LogP contribution < -0.4 is 10.6 Å². The van der Waals surface area contributed by atoms with Crippen LogP contribution in [0.15, 0.2) is 54.1 Å². The number of morpholine rings is 1. The molecule has 0 radical (unpaired) electrons. The number of carbonyl (C=O) groups is 1. The molecular weight excluding hydrogens is 522 g/mol. The van der Waals surface area contributed by atoms with Gasteiger partial charge in [0.2, 0.25) is 0 Å². The normalized spacial score (nSPS) is 21.9. The predicted molar refractivity (Wildman–Crippen MR) is 157 cm³/mol. The molecule has 0 bridgehead atoms. The molecule has 41 heavy (non-hydrogen) atoms. The Morgan fingerprint density at radius 1 is 1.10 bits per heavy atom. The van der Waals surface area contributed by atoms with Crippen LogP contribution in [0.4, 0.5) is 5.69 Å². The number of aromatic nitrogens is 1. The van der Waals surface area contributed by atoms with Crippen LogP contribution in [-0.2, 0) is 21.3 Å². The highest BCUT2D eigenvalue weighted by Gasteiger charge is 2.27. The van der Waals surface area contributed by atoms with Gasteiger partial charge in [-0.25, -0.2) is 0 Å². The average Bonchev–Trinajstić information content (AvgIpc) is 3.34. The van der Waals surface area contributed by atoms with Crippen LogP contribution in [0.1, 0.15) is 18.5 Å². The van der Waals surface area contributed by atoms with Crippen molar-refractivity contribution in [3.63, 3.8) is 0 Å². The topological polar surface area (TPSA) is 132 Å². The first-order valence-electron chi connectivity index (χ1n) is 14.0. The Morgan fingerprint density at radius 2 is 1.88 bits per heavy atom. The van der Waals surface area contributed by atoms with Crippen molar-refractivity contribution in [2.75, 3.05) is 51.3 Å². The molecule has 2 fully saturated rings. The molecule has 10 heteroatoms. The van der Waals surface area contributed by atoms with Gasteiger partial charge in [0, 0.05) is 69.7 Å². The van der Waals surface area contributed by atoms with Crippen LogP contribution in [0.5, 0.6) is 0 Å². The van der Waals surface area contributed by atoms with Crippen molar-refractivity contribution < 1.29 is 24.5 Å². The Kier molecular flexibility index (Phi) is 9.34. The van der Waals surface area contributed by atoms with E-state index in [4.69, 9.17) is 9.47 Å². The van der Waals surface area contributed by atoms with Crippen molar-refractivity contribution in [3.05, 3.63) is 59.8 Å². The smallest absolute Gasteiger partial charge is 0.262 e. The number of rotatable bonds is 9. The third-order valence-corrected chi connectivity index (χ3v) is 7.66. The van der Waals surface area contributed by atoms with Crippen molar-refractivity contribution in [1.82, 2.24) is 14.8 Å². The maximum absolute atomic E-state index is 12.7. The number of nitrogens with zero attached hydrogens (tertiary/aromatic N) is 3. The number of amides is 1. The van der Waals surface area contributed by atoms with E-state index in [1.807, 2.05) is 29.8 Å². The van der Waals surface area contributed by atoms with Gasteiger partial charge in [0.25, 0.3) is 5.91 Å². The maximum Gasteiger partial charge on any atom is 0.262 e. The summed E-state index contributed by atoms with van der Waals surface area (Å²) >= 11 is 0. The van der Waals surface area contributed by atoms with E-state index in [1.54, 1.807) is 6.08 Å². The van der Waals surface area contributed by atoms with Gasteiger partial charge in [-0.3, -0.25) is 9.69 Å². The standard InChI is InChI=1S/C31H37N5O5/c1-35-26(16-24(19-32)31(39)34-20-28-17-27(37)18-30(38)41-28)6-7-29(35)23-3-2-22-15-25(5-4-21(22)14-23)33-8-9-36-10-12-40-13-11-36/h2-7,14-16,27-28,30,33,37-38H,8-13,17-18,20H2,1H3,(H,34,39)/b24-16+. The van der Waals surface area contributed by atoms with Crippen LogP contribution in [-0.4, -0.2) is 90.0 Å². The summed E-state index contributed by atoms with van der Waals surface area (Å²) in [4.78, 5) is 15.1. The molecule has 1 aromatic heterocycles. The van der Waals surface area contributed by atoms with Gasteiger partial charge in [0.05, 0.1) is 25.4 Å². The van der Waals surface area contributed by atoms with E-state index in [1.165, 1.54) is 0 Å². The molecule has 216 valence electrons. The molecule has 0 aliphatic carbocycles. The Labute approximate surface area is 239 Å². The van der Waals surface area contributed by atoms with E-state index in [0.29, 0.717) is 12.1 Å². The number of nitrogens with one attached hydrogen (secondary N) is 2. The Balaban J connectivity index is 1.23. The molecule has 5 rings (SSSR count). The average molecular weight is 560 g/mol. The summed E-state index contributed by atoms with van der Waals surface area (Å²) in [5, 5.41) is 37.6. The zero-order chi connectivity index (χ0) is 28.8. The van der Waals surface area contributed by atoms with Crippen LogP contribution in [0, 0.1) is 11.3 Å². The molecule has 4 N–H and O–H groups in total. The van der Waals surface area contributed by atoms with Crippen LogP contribution >= 0.6 is 0 Å². The summed E-state index contributed by atoms with van der Waals surface area (Å²) < 4.78 is 12.7. The van der Waals surface area contributed by atoms with Gasteiger partial charge >= 0.3 is 0 Å². The zero-order valence-electron chi connectivity index (χ0n) is 23.3. The predicted octanol–water partition coefficient (Wildman–Crippen LogP) is 2.47. The van der Waals surface area contributed by atoms with Gasteiger partial charge in [0.1, 0.15) is 11.6 Å². The first-order valence-corrected chi connectivity index (χ1v) is 14.0. The summed E-state index contributed by atoms with van der Waals surface area (Å²) in [6, 6.07) is 18.5.